The number of nitrogens with one attached hydrogen (secondary N) is 1. The summed E-state index contributed by atoms with van der Waals surface area (Å²) in [5.74, 6) is -0.0511. The first-order valence-electron chi connectivity index (χ1n) is 4.68. The fourth-order valence-electron chi connectivity index (χ4n) is 1.61. The monoisotopic (exact) mass is 306 g/mol. The second kappa shape index (κ2) is 4.23. The van der Waals surface area contributed by atoms with Crippen LogP contribution in [0.1, 0.15) is 0 Å². The summed E-state index contributed by atoms with van der Waals surface area (Å²) in [6.45, 7) is 0.950. The van der Waals surface area contributed by atoms with Crippen LogP contribution in [0.5, 0.6) is 5.75 Å². The maximum atomic E-state index is 11.7. The highest BCUT2D eigenvalue weighted by molar-refractivity contribution is 9.09. The minimum atomic E-state index is -3.48. The van der Waals surface area contributed by atoms with E-state index >= 15 is 0 Å². The second-order valence-electron chi connectivity index (χ2n) is 3.41. The molecule has 0 radical (unpaired) electrons. The van der Waals surface area contributed by atoms with E-state index in [1.54, 1.807) is 6.07 Å². The van der Waals surface area contributed by atoms with Crippen molar-refractivity contribution < 1.29 is 13.5 Å². The van der Waals surface area contributed by atoms with E-state index in [4.69, 9.17) is 0 Å². The Bertz CT molecular complexity index is 503. The Morgan fingerprint density at radius 1 is 1.50 bits per heavy atom. The minimum absolute atomic E-state index is 0.0511. The number of aromatic hydroxyl groups is 1. The van der Waals surface area contributed by atoms with E-state index in [2.05, 4.69) is 20.7 Å². The Hall–Kier alpha value is -0.790. The van der Waals surface area contributed by atoms with Gasteiger partial charge in [0, 0.05) is 17.9 Å². The standard InChI is InChI=1S/C9H11BrN2O3S/c10-3-4-12-6-11-16(14,15)9-5-7(13)1-2-8(9)12/h1-2,5,11,13H,3-4,6H2. The second-order valence-corrected chi connectivity index (χ2v) is 5.94. The van der Waals surface area contributed by atoms with Gasteiger partial charge in [-0.15, -0.1) is 0 Å². The molecule has 0 amide bonds. The zero-order valence-electron chi connectivity index (χ0n) is 8.35. The molecule has 0 bridgehead atoms. The van der Waals surface area contributed by atoms with E-state index in [9.17, 15) is 13.5 Å². The van der Waals surface area contributed by atoms with Crippen molar-refractivity contribution >= 4 is 31.6 Å². The summed E-state index contributed by atoms with van der Waals surface area (Å²) in [5, 5.41) is 10.1. The van der Waals surface area contributed by atoms with Crippen molar-refractivity contribution in [3.8, 4) is 5.75 Å². The minimum Gasteiger partial charge on any atom is -0.508 e. The molecule has 0 aromatic heterocycles. The van der Waals surface area contributed by atoms with Gasteiger partial charge in [0.05, 0.1) is 12.4 Å². The molecule has 2 rings (SSSR count). The van der Waals surface area contributed by atoms with E-state index in [1.165, 1.54) is 12.1 Å². The smallest absolute Gasteiger partial charge is 0.244 e. The van der Waals surface area contributed by atoms with Gasteiger partial charge < -0.3 is 10.0 Å². The highest BCUT2D eigenvalue weighted by Crippen LogP contribution is 2.31. The average molecular weight is 307 g/mol. The molecule has 0 aliphatic carbocycles. The highest BCUT2D eigenvalue weighted by atomic mass is 79.9. The van der Waals surface area contributed by atoms with Crippen LogP contribution in [-0.4, -0.2) is 32.1 Å². The van der Waals surface area contributed by atoms with Gasteiger partial charge in [0.15, 0.2) is 0 Å². The number of hydrogen-bond acceptors (Lipinski definition) is 4. The molecular weight excluding hydrogens is 296 g/mol. The predicted octanol–water partition coefficient (Wildman–Crippen LogP) is 0.843. The predicted molar refractivity (Wildman–Crippen MR) is 64.4 cm³/mol. The molecule has 1 heterocycles. The van der Waals surface area contributed by atoms with Crippen molar-refractivity contribution in [1.82, 2.24) is 4.72 Å². The number of sulfonamides is 1. The molecule has 0 saturated heterocycles. The fourth-order valence-corrected chi connectivity index (χ4v) is 3.26. The molecule has 0 spiro atoms. The molecule has 1 aliphatic rings. The van der Waals surface area contributed by atoms with Gasteiger partial charge in [0.25, 0.3) is 0 Å². The van der Waals surface area contributed by atoms with Crippen molar-refractivity contribution in [2.75, 3.05) is 23.4 Å². The first-order chi connectivity index (χ1) is 7.54. The summed E-state index contributed by atoms with van der Waals surface area (Å²) < 4.78 is 25.9. The quantitative estimate of drug-likeness (QED) is 0.795. The molecule has 0 unspecified atom stereocenters. The number of benzene rings is 1. The van der Waals surface area contributed by atoms with Crippen molar-refractivity contribution in [3.63, 3.8) is 0 Å². The SMILES string of the molecule is O=S1(=O)NCN(CCBr)c2ccc(O)cc21. The van der Waals surface area contributed by atoms with E-state index in [1.807, 2.05) is 4.90 Å². The third kappa shape index (κ3) is 2.02. The largest absolute Gasteiger partial charge is 0.508 e. The number of phenolic OH excluding ortho intramolecular Hbond substituents is 1. The van der Waals surface area contributed by atoms with Gasteiger partial charge in [-0.3, -0.25) is 0 Å². The van der Waals surface area contributed by atoms with Crippen molar-refractivity contribution in [2.24, 2.45) is 0 Å². The zero-order valence-corrected chi connectivity index (χ0v) is 10.8. The van der Waals surface area contributed by atoms with Crippen LogP contribution >= 0.6 is 15.9 Å². The number of rotatable bonds is 2. The van der Waals surface area contributed by atoms with Crippen LogP contribution in [0.25, 0.3) is 0 Å². The number of fused-ring (bicyclic) bond motifs is 1. The van der Waals surface area contributed by atoms with Gasteiger partial charge >= 0.3 is 0 Å². The van der Waals surface area contributed by atoms with Gasteiger partial charge in [-0.25, -0.2) is 8.42 Å². The van der Waals surface area contributed by atoms with Crippen LogP contribution in [0.4, 0.5) is 5.69 Å². The van der Waals surface area contributed by atoms with Crippen LogP contribution in [-0.2, 0) is 10.0 Å². The number of anilines is 1. The van der Waals surface area contributed by atoms with Gasteiger partial charge in [-0.1, -0.05) is 15.9 Å². The third-order valence-electron chi connectivity index (χ3n) is 2.37. The lowest BCUT2D eigenvalue weighted by Crippen LogP contribution is -2.43. The van der Waals surface area contributed by atoms with Crippen molar-refractivity contribution in [3.05, 3.63) is 18.2 Å². The van der Waals surface area contributed by atoms with Crippen molar-refractivity contribution in [2.45, 2.75) is 4.90 Å². The number of halogens is 1. The number of hydrogen-bond donors (Lipinski definition) is 2. The number of alkyl halides is 1. The van der Waals surface area contributed by atoms with E-state index in [-0.39, 0.29) is 17.3 Å². The first kappa shape index (κ1) is 11.7. The fraction of sp³-hybridized carbons (Fsp3) is 0.333. The lowest BCUT2D eigenvalue weighted by Gasteiger charge is -2.30. The summed E-state index contributed by atoms with van der Waals surface area (Å²) in [6.07, 6.45) is 0. The molecule has 2 N–H and O–H groups in total. The average Bonchev–Trinajstić information content (AvgIpc) is 2.23. The molecule has 5 nitrogen and oxygen atoms in total. The first-order valence-corrected chi connectivity index (χ1v) is 7.28. The molecule has 0 fully saturated rings. The molecular formula is C9H11BrN2O3S. The van der Waals surface area contributed by atoms with Crippen LogP contribution < -0.4 is 9.62 Å². The molecule has 0 atom stereocenters. The van der Waals surface area contributed by atoms with E-state index in [0.717, 1.165) is 5.33 Å². The van der Waals surface area contributed by atoms with Gasteiger partial charge in [-0.05, 0) is 12.1 Å². The summed E-state index contributed by atoms with van der Waals surface area (Å²) >= 11 is 3.31. The molecule has 1 aliphatic heterocycles. The summed E-state index contributed by atoms with van der Waals surface area (Å²) in [6, 6.07) is 4.37. The van der Waals surface area contributed by atoms with Crippen LogP contribution in [0.3, 0.4) is 0 Å². The maximum Gasteiger partial charge on any atom is 0.244 e. The Labute approximate surface area is 102 Å². The molecule has 16 heavy (non-hydrogen) atoms. The van der Waals surface area contributed by atoms with Crippen LogP contribution in [0, 0.1) is 0 Å². The van der Waals surface area contributed by atoms with Crippen molar-refractivity contribution in [1.29, 1.82) is 0 Å². The Morgan fingerprint density at radius 3 is 2.94 bits per heavy atom. The zero-order chi connectivity index (χ0) is 11.8. The Kier molecular flexibility index (Phi) is 3.09. The molecule has 88 valence electrons. The third-order valence-corrected chi connectivity index (χ3v) is 4.14. The van der Waals surface area contributed by atoms with Gasteiger partial charge in [0.2, 0.25) is 10.0 Å². The number of phenols is 1. The lowest BCUT2D eigenvalue weighted by atomic mass is 10.2. The van der Waals surface area contributed by atoms with Crippen LogP contribution in [0.2, 0.25) is 0 Å². The molecule has 0 saturated carbocycles. The highest BCUT2D eigenvalue weighted by Gasteiger charge is 2.27. The Morgan fingerprint density at radius 2 is 2.25 bits per heavy atom. The molecule has 1 aromatic carbocycles. The van der Waals surface area contributed by atoms with Gasteiger partial charge in [-0.2, -0.15) is 4.72 Å². The summed E-state index contributed by atoms with van der Waals surface area (Å²) in [5.41, 5.74) is 0.621. The van der Waals surface area contributed by atoms with Gasteiger partial charge in [0.1, 0.15) is 10.6 Å². The van der Waals surface area contributed by atoms with Crippen LogP contribution in [0.15, 0.2) is 23.1 Å². The topological polar surface area (TPSA) is 69.6 Å². The summed E-state index contributed by atoms with van der Waals surface area (Å²) in [7, 11) is -3.48. The lowest BCUT2D eigenvalue weighted by molar-refractivity contribution is 0.472. The molecule has 7 heteroatoms. The van der Waals surface area contributed by atoms with E-state index < -0.39 is 10.0 Å². The number of nitrogens with zero attached hydrogens (tertiary/aromatic N) is 1. The molecule has 1 aromatic rings. The van der Waals surface area contributed by atoms with E-state index in [0.29, 0.717) is 12.2 Å². The normalized spacial score (nSPS) is 18.2. The Balaban J connectivity index is 2.53. The maximum absolute atomic E-state index is 11.7. The summed E-state index contributed by atoms with van der Waals surface area (Å²) in [4.78, 5) is 2.02.